The number of pyridine rings is 1. The normalized spacial score (nSPS) is 22.7. The maximum Gasteiger partial charge on any atom is 0.257 e. The van der Waals surface area contributed by atoms with Crippen molar-refractivity contribution < 1.29 is 9.53 Å². The van der Waals surface area contributed by atoms with E-state index < -0.39 is 0 Å². The second-order valence-electron chi connectivity index (χ2n) is 8.45. The number of benzene rings is 1. The van der Waals surface area contributed by atoms with E-state index in [1.807, 2.05) is 35.2 Å². The summed E-state index contributed by atoms with van der Waals surface area (Å²) < 4.78 is 6.44. The number of hydrogen-bond acceptors (Lipinski definition) is 4. The van der Waals surface area contributed by atoms with Crippen molar-refractivity contribution in [3.63, 3.8) is 0 Å². The Morgan fingerprint density at radius 3 is 2.52 bits per heavy atom. The molecule has 0 N–H and O–H groups in total. The van der Waals surface area contributed by atoms with Gasteiger partial charge in [-0.25, -0.2) is 4.98 Å². The smallest absolute Gasteiger partial charge is 0.257 e. The SMILES string of the molecule is CC(C)[C@H]1CN(c2ncccc2C(=O)N2CCCCC2)C[C@@H](c2ccccc2)O1. The predicted molar refractivity (Wildman–Crippen MR) is 115 cm³/mol. The molecule has 5 heteroatoms. The molecule has 0 bridgehead atoms. The molecule has 0 unspecified atom stereocenters. The van der Waals surface area contributed by atoms with Crippen LogP contribution in [0.2, 0.25) is 0 Å². The van der Waals surface area contributed by atoms with Crippen LogP contribution in [0.3, 0.4) is 0 Å². The molecule has 2 aliphatic heterocycles. The highest BCUT2D eigenvalue weighted by Crippen LogP contribution is 2.32. The monoisotopic (exact) mass is 393 g/mol. The standard InChI is InChI=1S/C24H31N3O2/c1-18(2)21-16-27(17-22(29-21)19-10-5-3-6-11-19)23-20(12-9-13-25-23)24(28)26-14-7-4-8-15-26/h3,5-6,9-13,18,21-22H,4,7-8,14-17H2,1-2H3/t21-,22+/m1/s1. The number of anilines is 1. The Kier molecular flexibility index (Phi) is 6.14. The van der Waals surface area contributed by atoms with Gasteiger partial charge < -0.3 is 14.5 Å². The Labute approximate surface area is 173 Å². The molecule has 0 aliphatic carbocycles. The van der Waals surface area contributed by atoms with Crippen LogP contribution in [0.1, 0.15) is 55.1 Å². The van der Waals surface area contributed by atoms with Gasteiger partial charge in [-0.15, -0.1) is 0 Å². The number of ether oxygens (including phenoxy) is 1. The van der Waals surface area contributed by atoms with Crippen LogP contribution < -0.4 is 4.90 Å². The maximum atomic E-state index is 13.3. The van der Waals surface area contributed by atoms with Crippen molar-refractivity contribution in [2.24, 2.45) is 5.92 Å². The number of rotatable bonds is 4. The lowest BCUT2D eigenvalue weighted by atomic mass is 10.0. The fourth-order valence-electron chi connectivity index (χ4n) is 4.26. The third-order valence-electron chi connectivity index (χ3n) is 6.00. The summed E-state index contributed by atoms with van der Waals surface area (Å²) in [6.45, 7) is 7.51. The predicted octanol–water partition coefficient (Wildman–Crippen LogP) is 4.31. The van der Waals surface area contributed by atoms with E-state index in [9.17, 15) is 4.79 Å². The van der Waals surface area contributed by atoms with E-state index in [4.69, 9.17) is 4.74 Å². The van der Waals surface area contributed by atoms with Gasteiger partial charge in [0.1, 0.15) is 11.9 Å². The first-order valence-electron chi connectivity index (χ1n) is 10.8. The minimum absolute atomic E-state index is 0.0303. The molecule has 2 aliphatic rings. The van der Waals surface area contributed by atoms with Gasteiger partial charge in [-0.3, -0.25) is 4.79 Å². The molecule has 1 aromatic heterocycles. The minimum Gasteiger partial charge on any atom is -0.366 e. The third kappa shape index (κ3) is 4.45. The lowest BCUT2D eigenvalue weighted by molar-refractivity contribution is -0.0501. The summed E-state index contributed by atoms with van der Waals surface area (Å²) in [7, 11) is 0. The number of likely N-dealkylation sites (tertiary alicyclic amines) is 1. The van der Waals surface area contributed by atoms with Gasteiger partial charge in [0.2, 0.25) is 0 Å². The lowest BCUT2D eigenvalue weighted by Crippen LogP contribution is -2.47. The highest BCUT2D eigenvalue weighted by Gasteiger charge is 2.33. The van der Waals surface area contributed by atoms with Gasteiger partial charge in [-0.2, -0.15) is 0 Å². The number of morpholine rings is 1. The lowest BCUT2D eigenvalue weighted by Gasteiger charge is -2.41. The molecule has 2 saturated heterocycles. The van der Waals surface area contributed by atoms with Gasteiger partial charge in [0.05, 0.1) is 11.7 Å². The Hall–Kier alpha value is -2.40. The van der Waals surface area contributed by atoms with E-state index in [1.165, 1.54) is 12.0 Å². The summed E-state index contributed by atoms with van der Waals surface area (Å²) in [6.07, 6.45) is 5.24. The van der Waals surface area contributed by atoms with Crippen molar-refractivity contribution in [3.05, 3.63) is 59.8 Å². The molecule has 4 rings (SSSR count). The summed E-state index contributed by atoms with van der Waals surface area (Å²) in [4.78, 5) is 22.2. The molecule has 0 spiro atoms. The van der Waals surface area contributed by atoms with Crippen LogP contribution in [0.5, 0.6) is 0 Å². The van der Waals surface area contributed by atoms with Gasteiger partial charge >= 0.3 is 0 Å². The number of nitrogens with zero attached hydrogens (tertiary/aromatic N) is 3. The third-order valence-corrected chi connectivity index (χ3v) is 6.00. The number of aromatic nitrogens is 1. The minimum atomic E-state index is -0.0303. The summed E-state index contributed by atoms with van der Waals surface area (Å²) in [5.41, 5.74) is 1.88. The second kappa shape index (κ2) is 8.95. The van der Waals surface area contributed by atoms with Crippen LogP contribution in [0, 0.1) is 5.92 Å². The van der Waals surface area contributed by atoms with E-state index in [0.29, 0.717) is 18.0 Å². The number of hydrogen-bond donors (Lipinski definition) is 0. The summed E-state index contributed by atoms with van der Waals surface area (Å²) in [5, 5.41) is 0. The molecule has 1 amide bonds. The second-order valence-corrected chi connectivity index (χ2v) is 8.45. The summed E-state index contributed by atoms with van der Waals surface area (Å²) in [5.74, 6) is 1.28. The van der Waals surface area contributed by atoms with E-state index in [1.54, 1.807) is 6.20 Å². The van der Waals surface area contributed by atoms with Crippen LogP contribution in [-0.4, -0.2) is 48.1 Å². The number of amides is 1. The van der Waals surface area contributed by atoms with Gasteiger partial charge in [0.15, 0.2) is 0 Å². The van der Waals surface area contributed by atoms with Crippen molar-refractivity contribution in [2.75, 3.05) is 31.1 Å². The Morgan fingerprint density at radius 2 is 1.79 bits per heavy atom. The van der Waals surface area contributed by atoms with E-state index in [0.717, 1.165) is 38.3 Å². The van der Waals surface area contributed by atoms with Crippen LogP contribution in [0.25, 0.3) is 0 Å². The molecule has 2 fully saturated rings. The van der Waals surface area contributed by atoms with Crippen molar-refractivity contribution in [2.45, 2.75) is 45.3 Å². The zero-order chi connectivity index (χ0) is 20.2. The van der Waals surface area contributed by atoms with Crippen molar-refractivity contribution in [1.29, 1.82) is 0 Å². The zero-order valence-electron chi connectivity index (χ0n) is 17.5. The van der Waals surface area contributed by atoms with E-state index in [2.05, 4.69) is 35.9 Å². The van der Waals surface area contributed by atoms with Crippen LogP contribution in [0.4, 0.5) is 5.82 Å². The van der Waals surface area contributed by atoms with Crippen LogP contribution >= 0.6 is 0 Å². The largest absolute Gasteiger partial charge is 0.366 e. The highest BCUT2D eigenvalue weighted by atomic mass is 16.5. The van der Waals surface area contributed by atoms with Gasteiger partial charge in [0, 0.05) is 32.4 Å². The van der Waals surface area contributed by atoms with Gasteiger partial charge in [-0.1, -0.05) is 44.2 Å². The van der Waals surface area contributed by atoms with Crippen molar-refractivity contribution in [3.8, 4) is 0 Å². The zero-order valence-corrected chi connectivity index (χ0v) is 17.5. The molecule has 5 nitrogen and oxygen atoms in total. The average molecular weight is 394 g/mol. The molecule has 2 atom stereocenters. The fourth-order valence-corrected chi connectivity index (χ4v) is 4.26. The molecule has 2 aromatic rings. The van der Waals surface area contributed by atoms with Crippen molar-refractivity contribution in [1.82, 2.24) is 9.88 Å². The Bertz CT molecular complexity index is 818. The van der Waals surface area contributed by atoms with Gasteiger partial charge in [0.25, 0.3) is 5.91 Å². The van der Waals surface area contributed by atoms with E-state index >= 15 is 0 Å². The van der Waals surface area contributed by atoms with Crippen LogP contribution in [-0.2, 0) is 4.74 Å². The molecule has 0 radical (unpaired) electrons. The van der Waals surface area contributed by atoms with Crippen molar-refractivity contribution >= 4 is 11.7 Å². The van der Waals surface area contributed by atoms with Crippen LogP contribution in [0.15, 0.2) is 48.7 Å². The number of piperidine rings is 1. The molecule has 3 heterocycles. The summed E-state index contributed by atoms with van der Waals surface area (Å²) in [6, 6.07) is 14.2. The first kappa shape index (κ1) is 19.9. The number of carbonyl (C=O) groups is 1. The molecular formula is C24H31N3O2. The maximum absolute atomic E-state index is 13.3. The first-order chi connectivity index (χ1) is 14.1. The molecule has 1 aromatic carbocycles. The molecule has 0 saturated carbocycles. The topological polar surface area (TPSA) is 45.7 Å². The van der Waals surface area contributed by atoms with E-state index in [-0.39, 0.29) is 18.1 Å². The average Bonchev–Trinajstić information content (AvgIpc) is 2.79. The van der Waals surface area contributed by atoms with Gasteiger partial charge in [-0.05, 0) is 42.9 Å². The fraction of sp³-hybridized carbons (Fsp3) is 0.500. The molecule has 29 heavy (non-hydrogen) atoms. The summed E-state index contributed by atoms with van der Waals surface area (Å²) >= 11 is 0. The molecule has 154 valence electrons. The Balaban J connectivity index is 1.63. The highest BCUT2D eigenvalue weighted by molar-refractivity contribution is 5.99. The number of carbonyl (C=O) groups excluding carboxylic acids is 1. The molecular weight excluding hydrogens is 362 g/mol. The Morgan fingerprint density at radius 1 is 1.03 bits per heavy atom. The first-order valence-corrected chi connectivity index (χ1v) is 10.8. The quantitative estimate of drug-likeness (QED) is 0.776.